The molecule has 7 aromatic rings. The zero-order chi connectivity index (χ0) is 40.1. The maximum atomic E-state index is 12.0. The Morgan fingerprint density at radius 3 is 1.09 bits per heavy atom. The van der Waals surface area contributed by atoms with E-state index in [0.717, 1.165) is 62.1 Å². The summed E-state index contributed by atoms with van der Waals surface area (Å²) >= 11 is 0. The molecule has 0 saturated heterocycles. The van der Waals surface area contributed by atoms with Crippen molar-refractivity contribution in [2.45, 2.75) is 6.92 Å². The third kappa shape index (κ3) is 10.2. The number of methoxy groups -OCH3 is 1. The van der Waals surface area contributed by atoms with Gasteiger partial charge in [0.1, 0.15) is 11.5 Å². The first-order valence-electron chi connectivity index (χ1n) is 18.9. The fraction of sp³-hybridized carbons (Fsp3) is 0.0588. The van der Waals surface area contributed by atoms with Crippen LogP contribution < -0.4 is 19.3 Å². The largest absolute Gasteiger partial charge is 0.497 e. The number of nitrogens with zero attached hydrogens (tertiary/aromatic N) is 2. The molecule has 0 saturated carbocycles. The second-order valence-corrected chi connectivity index (χ2v) is 13.3. The van der Waals surface area contributed by atoms with Crippen LogP contribution in [0, 0.1) is 0 Å². The molecule has 0 atom stereocenters. The average molecular weight is 763 g/mol. The summed E-state index contributed by atoms with van der Waals surface area (Å²) in [5.74, 6) is 0.00358. The van der Waals surface area contributed by atoms with E-state index in [0.29, 0.717) is 5.75 Å². The third-order valence-electron chi connectivity index (χ3n) is 9.25. The summed E-state index contributed by atoms with van der Waals surface area (Å²) in [7, 11) is 1.68. The molecule has 0 amide bonds. The van der Waals surface area contributed by atoms with Crippen LogP contribution in [0.25, 0.3) is 24.3 Å². The number of benzene rings is 7. The molecule has 0 heterocycles. The molecule has 7 nitrogen and oxygen atoms in total. The molecule has 286 valence electrons. The van der Waals surface area contributed by atoms with Gasteiger partial charge in [0.15, 0.2) is 6.61 Å². The minimum atomic E-state index is -0.643. The quantitative estimate of drug-likeness (QED) is 0.0621. The smallest absolute Gasteiger partial charge is 0.349 e. The minimum Gasteiger partial charge on any atom is -0.497 e. The van der Waals surface area contributed by atoms with E-state index in [2.05, 4.69) is 131 Å². The van der Waals surface area contributed by atoms with Crippen LogP contribution in [-0.4, -0.2) is 25.7 Å². The van der Waals surface area contributed by atoms with Crippen LogP contribution in [-0.2, 0) is 14.3 Å². The molecule has 7 heteroatoms. The number of esters is 2. The predicted molar refractivity (Wildman–Crippen MR) is 235 cm³/mol. The minimum absolute atomic E-state index is 0.362. The highest BCUT2D eigenvalue weighted by Gasteiger charge is 2.14. The lowest BCUT2D eigenvalue weighted by molar-refractivity contribution is -0.152. The zero-order valence-electron chi connectivity index (χ0n) is 32.3. The van der Waals surface area contributed by atoms with E-state index in [1.807, 2.05) is 72.8 Å². The normalized spacial score (nSPS) is 11.0. The van der Waals surface area contributed by atoms with E-state index < -0.39 is 18.5 Å². The molecular formula is C51H42N2O5. The van der Waals surface area contributed by atoms with Gasteiger partial charge in [0.25, 0.3) is 0 Å². The lowest BCUT2D eigenvalue weighted by atomic mass is 10.1. The van der Waals surface area contributed by atoms with E-state index in [9.17, 15) is 9.59 Å². The van der Waals surface area contributed by atoms with Crippen LogP contribution in [0.5, 0.6) is 11.5 Å². The second-order valence-electron chi connectivity index (χ2n) is 13.3. The van der Waals surface area contributed by atoms with Crippen molar-refractivity contribution >= 4 is 70.4 Å². The van der Waals surface area contributed by atoms with Crippen molar-refractivity contribution in [3.63, 3.8) is 0 Å². The van der Waals surface area contributed by atoms with Gasteiger partial charge in [0.2, 0.25) is 0 Å². The summed E-state index contributed by atoms with van der Waals surface area (Å²) in [6.07, 6.45) is 8.47. The highest BCUT2D eigenvalue weighted by Crippen LogP contribution is 2.37. The van der Waals surface area contributed by atoms with Gasteiger partial charge in [0.05, 0.1) is 7.11 Å². The molecule has 7 aromatic carbocycles. The monoisotopic (exact) mass is 762 g/mol. The number of hydrogen-bond acceptors (Lipinski definition) is 7. The zero-order valence-corrected chi connectivity index (χ0v) is 32.3. The van der Waals surface area contributed by atoms with Crippen LogP contribution in [0.3, 0.4) is 0 Å². The van der Waals surface area contributed by atoms with Crippen molar-refractivity contribution < 1.29 is 23.8 Å². The SMILES string of the molecule is COc1ccc(N(c2ccccc2)c2ccc(C=Cc3ccc(C=Cc4ccc(N(c5ccccc5)c5ccc(OC(=O)COC(C)=O)cc5)cc4)cc3)cc2)cc1. The van der Waals surface area contributed by atoms with Crippen molar-refractivity contribution in [2.24, 2.45) is 0 Å². The van der Waals surface area contributed by atoms with Crippen molar-refractivity contribution in [3.8, 4) is 11.5 Å². The molecule has 0 radical (unpaired) electrons. The van der Waals surface area contributed by atoms with Gasteiger partial charge in [-0.15, -0.1) is 0 Å². The van der Waals surface area contributed by atoms with Crippen molar-refractivity contribution in [3.05, 3.63) is 204 Å². The summed E-state index contributed by atoms with van der Waals surface area (Å²) < 4.78 is 15.4. The standard InChI is InChI=1S/C51H42N2O5/c1-38(54)57-37-51(55)58-50-35-31-48(32-36-50)53(44-11-7-4-8-12-44)46-27-23-42(24-28-46)20-18-40-15-13-39(14-16-40)17-19-41-21-25-45(26-22-41)52(43-9-5-3-6-10-43)47-29-33-49(56-2)34-30-47/h3-36H,37H2,1-2H3. The molecule has 0 bridgehead atoms. The molecule has 7 rings (SSSR count). The summed E-state index contributed by atoms with van der Waals surface area (Å²) in [6.45, 7) is 0.809. The maximum absolute atomic E-state index is 12.0. The number of carbonyl (C=O) groups excluding carboxylic acids is 2. The predicted octanol–water partition coefficient (Wildman–Crippen LogP) is 12.4. The number of anilines is 6. The van der Waals surface area contributed by atoms with Gasteiger partial charge in [-0.3, -0.25) is 4.79 Å². The Morgan fingerprint density at radius 1 is 0.431 bits per heavy atom. The van der Waals surface area contributed by atoms with Crippen molar-refractivity contribution in [1.29, 1.82) is 0 Å². The van der Waals surface area contributed by atoms with Gasteiger partial charge >= 0.3 is 11.9 Å². The molecular weight excluding hydrogens is 721 g/mol. The lowest BCUT2D eigenvalue weighted by Gasteiger charge is -2.25. The number of hydrogen-bond donors (Lipinski definition) is 0. The van der Waals surface area contributed by atoms with Gasteiger partial charge in [-0.25, -0.2) is 4.79 Å². The summed E-state index contributed by atoms with van der Waals surface area (Å²) in [5.41, 5.74) is 10.4. The Labute approximate surface area is 339 Å². The molecule has 0 spiro atoms. The van der Waals surface area contributed by atoms with E-state index in [1.54, 1.807) is 19.2 Å². The average Bonchev–Trinajstić information content (AvgIpc) is 3.27. The van der Waals surface area contributed by atoms with E-state index in [4.69, 9.17) is 14.2 Å². The molecule has 0 aliphatic heterocycles. The van der Waals surface area contributed by atoms with Gasteiger partial charge in [-0.2, -0.15) is 0 Å². The van der Waals surface area contributed by atoms with Crippen LogP contribution in [0.2, 0.25) is 0 Å². The third-order valence-corrected chi connectivity index (χ3v) is 9.25. The Kier molecular flexibility index (Phi) is 12.5. The Hall–Kier alpha value is -7.64. The van der Waals surface area contributed by atoms with Crippen molar-refractivity contribution in [2.75, 3.05) is 23.5 Å². The van der Waals surface area contributed by atoms with Crippen LogP contribution in [0.1, 0.15) is 29.2 Å². The number of para-hydroxylation sites is 2. The highest BCUT2D eigenvalue weighted by molar-refractivity contribution is 5.81. The van der Waals surface area contributed by atoms with Crippen LogP contribution >= 0.6 is 0 Å². The first-order valence-corrected chi connectivity index (χ1v) is 18.9. The fourth-order valence-electron chi connectivity index (χ4n) is 6.34. The summed E-state index contributed by atoms with van der Waals surface area (Å²) in [5, 5.41) is 0. The number of carbonyl (C=O) groups is 2. The Bertz CT molecular complexity index is 2460. The molecule has 0 aromatic heterocycles. The Balaban J connectivity index is 0.995. The lowest BCUT2D eigenvalue weighted by Crippen LogP contribution is -2.17. The Morgan fingerprint density at radius 2 is 0.741 bits per heavy atom. The molecule has 0 unspecified atom stereocenters. The van der Waals surface area contributed by atoms with E-state index >= 15 is 0 Å². The van der Waals surface area contributed by atoms with E-state index in [1.165, 1.54) is 6.92 Å². The number of rotatable bonds is 14. The van der Waals surface area contributed by atoms with Gasteiger partial charge in [0, 0.05) is 41.0 Å². The van der Waals surface area contributed by atoms with E-state index in [-0.39, 0.29) is 0 Å². The molecule has 0 fully saturated rings. The molecule has 0 aliphatic carbocycles. The molecule has 58 heavy (non-hydrogen) atoms. The van der Waals surface area contributed by atoms with Crippen LogP contribution in [0.4, 0.5) is 34.1 Å². The topological polar surface area (TPSA) is 68.3 Å². The number of ether oxygens (including phenoxy) is 3. The molecule has 0 aliphatic rings. The second kappa shape index (κ2) is 18.8. The maximum Gasteiger partial charge on any atom is 0.349 e. The van der Waals surface area contributed by atoms with Crippen molar-refractivity contribution in [1.82, 2.24) is 0 Å². The van der Waals surface area contributed by atoms with Gasteiger partial charge in [-0.05, 0) is 119 Å². The highest BCUT2D eigenvalue weighted by atomic mass is 16.6. The first kappa shape index (κ1) is 38.6. The summed E-state index contributed by atoms with van der Waals surface area (Å²) in [4.78, 5) is 27.4. The van der Waals surface area contributed by atoms with Gasteiger partial charge < -0.3 is 24.0 Å². The molecule has 0 N–H and O–H groups in total. The first-order chi connectivity index (χ1) is 28.4. The summed E-state index contributed by atoms with van der Waals surface area (Å²) in [6, 6.07) is 61.1. The van der Waals surface area contributed by atoms with Gasteiger partial charge in [-0.1, -0.05) is 109 Å². The van der Waals surface area contributed by atoms with Crippen LogP contribution in [0.15, 0.2) is 182 Å². The fourth-order valence-corrected chi connectivity index (χ4v) is 6.34.